The Balaban J connectivity index is 2.11. The van der Waals surface area contributed by atoms with Crippen molar-refractivity contribution in [3.63, 3.8) is 0 Å². The van der Waals surface area contributed by atoms with Crippen molar-refractivity contribution in [2.75, 3.05) is 5.32 Å². The summed E-state index contributed by atoms with van der Waals surface area (Å²) in [7, 11) is 0. The van der Waals surface area contributed by atoms with E-state index in [4.69, 9.17) is 0 Å². The zero-order valence-electron chi connectivity index (χ0n) is 11.7. The number of amides is 2. The summed E-state index contributed by atoms with van der Waals surface area (Å²) in [5, 5.41) is 4.80. The normalized spacial score (nSPS) is 12.2. The number of fused-ring (bicyclic) bond motifs is 1. The number of pyridine rings is 1. The van der Waals surface area contributed by atoms with Gasteiger partial charge in [0.1, 0.15) is 11.2 Å². The molecule has 2 aromatic heterocycles. The maximum atomic E-state index is 12.3. The standard InChI is InChI=1S/C13H13F3N4O2/c1-12(2,20-11(22)13(14,15)16)10(21)19-8-5-7-3-4-17-9(7)18-6-8/h3-6H,1-2H3,(H,17,18)(H,19,21)(H,20,22). The maximum absolute atomic E-state index is 12.3. The van der Waals surface area contributed by atoms with Crippen LogP contribution < -0.4 is 10.6 Å². The van der Waals surface area contributed by atoms with Gasteiger partial charge in [0.2, 0.25) is 5.91 Å². The highest BCUT2D eigenvalue weighted by atomic mass is 19.4. The monoisotopic (exact) mass is 314 g/mol. The van der Waals surface area contributed by atoms with Gasteiger partial charge in [-0.05, 0) is 26.0 Å². The van der Waals surface area contributed by atoms with Crippen molar-refractivity contribution < 1.29 is 22.8 Å². The first-order valence-corrected chi connectivity index (χ1v) is 6.23. The number of aromatic amines is 1. The van der Waals surface area contributed by atoms with Gasteiger partial charge in [0.15, 0.2) is 0 Å². The van der Waals surface area contributed by atoms with Gasteiger partial charge in [-0.25, -0.2) is 4.98 Å². The second kappa shape index (κ2) is 5.32. The molecule has 2 rings (SSSR count). The first kappa shape index (κ1) is 15.8. The molecule has 6 nitrogen and oxygen atoms in total. The molecule has 0 radical (unpaired) electrons. The summed E-state index contributed by atoms with van der Waals surface area (Å²) in [5.74, 6) is -2.96. The fraction of sp³-hybridized carbons (Fsp3) is 0.308. The number of anilines is 1. The predicted molar refractivity (Wildman–Crippen MR) is 73.0 cm³/mol. The van der Waals surface area contributed by atoms with Crippen LogP contribution >= 0.6 is 0 Å². The molecule has 2 aromatic rings. The largest absolute Gasteiger partial charge is 0.471 e. The molecular formula is C13H13F3N4O2. The molecule has 0 aliphatic carbocycles. The third-order valence-electron chi connectivity index (χ3n) is 2.91. The van der Waals surface area contributed by atoms with Crippen LogP contribution in [-0.4, -0.2) is 33.5 Å². The molecule has 2 amide bonds. The number of carbonyl (C=O) groups is 2. The van der Waals surface area contributed by atoms with Gasteiger partial charge in [-0.2, -0.15) is 13.2 Å². The van der Waals surface area contributed by atoms with E-state index < -0.39 is 23.5 Å². The number of halogens is 3. The minimum Gasteiger partial charge on any atom is -0.346 e. The molecule has 3 N–H and O–H groups in total. The predicted octanol–water partition coefficient (Wildman–Crippen LogP) is 1.96. The van der Waals surface area contributed by atoms with Crippen LogP contribution in [0.2, 0.25) is 0 Å². The summed E-state index contributed by atoms with van der Waals surface area (Å²) in [5.41, 5.74) is -0.811. The number of hydrogen-bond donors (Lipinski definition) is 3. The Morgan fingerprint density at radius 1 is 1.23 bits per heavy atom. The highest BCUT2D eigenvalue weighted by Crippen LogP contribution is 2.19. The molecule has 0 aliphatic rings. The summed E-state index contributed by atoms with van der Waals surface area (Å²) >= 11 is 0. The lowest BCUT2D eigenvalue weighted by Crippen LogP contribution is -2.55. The van der Waals surface area contributed by atoms with Gasteiger partial charge in [0, 0.05) is 11.6 Å². The van der Waals surface area contributed by atoms with Gasteiger partial charge in [0.25, 0.3) is 0 Å². The van der Waals surface area contributed by atoms with Crippen molar-refractivity contribution in [1.29, 1.82) is 0 Å². The third-order valence-corrected chi connectivity index (χ3v) is 2.91. The summed E-state index contributed by atoms with van der Waals surface area (Å²) < 4.78 is 36.8. The lowest BCUT2D eigenvalue weighted by atomic mass is 10.0. The molecule has 0 fully saturated rings. The van der Waals surface area contributed by atoms with Crippen molar-refractivity contribution >= 4 is 28.5 Å². The van der Waals surface area contributed by atoms with Gasteiger partial charge < -0.3 is 15.6 Å². The maximum Gasteiger partial charge on any atom is 0.471 e. The number of hydrogen-bond acceptors (Lipinski definition) is 3. The van der Waals surface area contributed by atoms with Gasteiger partial charge in [-0.15, -0.1) is 0 Å². The molecule has 0 aliphatic heterocycles. The Morgan fingerprint density at radius 3 is 2.55 bits per heavy atom. The van der Waals surface area contributed by atoms with Gasteiger partial charge in [-0.3, -0.25) is 9.59 Å². The van der Waals surface area contributed by atoms with Crippen LogP contribution in [0.4, 0.5) is 18.9 Å². The second-order valence-corrected chi connectivity index (χ2v) is 5.17. The summed E-state index contributed by atoms with van der Waals surface area (Å²) in [6, 6.07) is 3.34. The molecule has 22 heavy (non-hydrogen) atoms. The first-order valence-electron chi connectivity index (χ1n) is 6.23. The molecule has 9 heteroatoms. The molecule has 2 heterocycles. The molecule has 0 aromatic carbocycles. The highest BCUT2D eigenvalue weighted by Gasteiger charge is 2.43. The van der Waals surface area contributed by atoms with E-state index in [1.807, 2.05) is 0 Å². The smallest absolute Gasteiger partial charge is 0.346 e. The van der Waals surface area contributed by atoms with E-state index in [0.717, 1.165) is 5.39 Å². The average molecular weight is 314 g/mol. The second-order valence-electron chi connectivity index (χ2n) is 5.17. The van der Waals surface area contributed by atoms with Crippen LogP contribution in [0, 0.1) is 0 Å². The summed E-state index contributed by atoms with van der Waals surface area (Å²) in [6.07, 6.45) is -2.03. The van der Waals surface area contributed by atoms with E-state index in [0.29, 0.717) is 11.3 Å². The molecule has 0 spiro atoms. The van der Waals surface area contributed by atoms with Crippen LogP contribution in [0.1, 0.15) is 13.8 Å². The Kier molecular flexibility index (Phi) is 3.82. The van der Waals surface area contributed by atoms with Gasteiger partial charge in [0.05, 0.1) is 11.9 Å². The summed E-state index contributed by atoms with van der Waals surface area (Å²) in [4.78, 5) is 29.9. The minimum atomic E-state index is -5.05. The van der Waals surface area contributed by atoms with Crippen molar-refractivity contribution in [2.24, 2.45) is 0 Å². The van der Waals surface area contributed by atoms with E-state index in [9.17, 15) is 22.8 Å². The quantitative estimate of drug-likeness (QED) is 0.809. The molecule has 0 bridgehead atoms. The van der Waals surface area contributed by atoms with E-state index in [1.165, 1.54) is 20.0 Å². The number of rotatable bonds is 3. The van der Waals surface area contributed by atoms with E-state index in [-0.39, 0.29) is 0 Å². The lowest BCUT2D eigenvalue weighted by Gasteiger charge is -2.25. The Hall–Kier alpha value is -2.58. The third kappa shape index (κ3) is 3.35. The molecule has 118 valence electrons. The van der Waals surface area contributed by atoms with Gasteiger partial charge in [-0.1, -0.05) is 0 Å². The zero-order chi connectivity index (χ0) is 16.5. The van der Waals surface area contributed by atoms with Crippen molar-refractivity contribution in [2.45, 2.75) is 25.6 Å². The average Bonchev–Trinajstić information content (AvgIpc) is 2.84. The highest BCUT2D eigenvalue weighted by molar-refractivity contribution is 6.01. The molecule has 0 saturated carbocycles. The first-order chi connectivity index (χ1) is 10.1. The van der Waals surface area contributed by atoms with Crippen molar-refractivity contribution in [3.05, 3.63) is 24.5 Å². The van der Waals surface area contributed by atoms with E-state index in [1.54, 1.807) is 23.6 Å². The Labute approximate surface area is 123 Å². The van der Waals surface area contributed by atoms with Crippen LogP contribution in [0.15, 0.2) is 24.5 Å². The zero-order valence-corrected chi connectivity index (χ0v) is 11.7. The fourth-order valence-electron chi connectivity index (χ4n) is 1.71. The summed E-state index contributed by atoms with van der Waals surface area (Å²) in [6.45, 7) is 2.35. The number of aromatic nitrogens is 2. The van der Waals surface area contributed by atoms with Crippen LogP contribution in [0.25, 0.3) is 11.0 Å². The number of nitrogens with one attached hydrogen (secondary N) is 3. The van der Waals surface area contributed by atoms with Crippen molar-refractivity contribution in [3.8, 4) is 0 Å². The fourth-order valence-corrected chi connectivity index (χ4v) is 1.71. The number of alkyl halides is 3. The van der Waals surface area contributed by atoms with Crippen LogP contribution in [0.5, 0.6) is 0 Å². The van der Waals surface area contributed by atoms with E-state index in [2.05, 4.69) is 15.3 Å². The molecule has 0 unspecified atom stereocenters. The molecular weight excluding hydrogens is 301 g/mol. The van der Waals surface area contributed by atoms with Crippen LogP contribution in [-0.2, 0) is 9.59 Å². The van der Waals surface area contributed by atoms with Crippen molar-refractivity contribution in [1.82, 2.24) is 15.3 Å². The molecule has 0 atom stereocenters. The number of nitrogens with zero attached hydrogens (tertiary/aromatic N) is 1. The SMILES string of the molecule is CC(C)(NC(=O)C(F)(F)F)C(=O)Nc1cnc2[nH]ccc2c1. The Morgan fingerprint density at radius 2 is 1.91 bits per heavy atom. The lowest BCUT2D eigenvalue weighted by molar-refractivity contribution is -0.175. The number of H-pyrrole nitrogens is 1. The van der Waals surface area contributed by atoms with Gasteiger partial charge >= 0.3 is 12.1 Å². The van der Waals surface area contributed by atoms with E-state index >= 15 is 0 Å². The Bertz CT molecular complexity index is 721. The number of carbonyl (C=O) groups excluding carboxylic acids is 2. The van der Waals surface area contributed by atoms with Crippen LogP contribution in [0.3, 0.4) is 0 Å². The topological polar surface area (TPSA) is 86.9 Å². The minimum absolute atomic E-state index is 0.312. The molecule has 0 saturated heterocycles.